The van der Waals surface area contributed by atoms with E-state index in [9.17, 15) is 0 Å². The van der Waals surface area contributed by atoms with E-state index < -0.39 is 0 Å². The Morgan fingerprint density at radius 1 is 1.42 bits per heavy atom. The van der Waals surface area contributed by atoms with Gasteiger partial charge < -0.3 is 0 Å². The molecule has 0 aliphatic rings. The Hall–Kier alpha value is -1.32. The predicted octanol–water partition coefficient (Wildman–Crippen LogP) is 1.35. The molecule has 12 heavy (non-hydrogen) atoms. The lowest BCUT2D eigenvalue weighted by molar-refractivity contribution is 0.572. The van der Waals surface area contributed by atoms with Crippen molar-refractivity contribution in [3.8, 4) is 0 Å². The van der Waals surface area contributed by atoms with Crippen LogP contribution in [0.15, 0.2) is 12.5 Å². The average molecular weight is 164 g/mol. The largest absolute Gasteiger partial charge is 0.281 e. The Morgan fingerprint density at radius 3 is 2.75 bits per heavy atom. The van der Waals surface area contributed by atoms with Gasteiger partial charge in [-0.15, -0.1) is 0 Å². The second-order valence-corrected chi connectivity index (χ2v) is 3.93. The highest BCUT2D eigenvalue weighted by atomic mass is 15.3. The summed E-state index contributed by atoms with van der Waals surface area (Å²) in [5, 5.41) is 2.96. The van der Waals surface area contributed by atoms with Crippen molar-refractivity contribution in [3.63, 3.8) is 0 Å². The van der Waals surface area contributed by atoms with E-state index in [1.54, 1.807) is 6.33 Å². The number of aromatic amines is 1. The summed E-state index contributed by atoms with van der Waals surface area (Å²) >= 11 is 0. The van der Waals surface area contributed by atoms with Crippen LogP contribution in [-0.4, -0.2) is 19.6 Å². The lowest BCUT2D eigenvalue weighted by atomic mass is 9.93. The Kier molecular flexibility index (Phi) is 1.28. The van der Waals surface area contributed by atoms with Crippen LogP contribution in [0.25, 0.3) is 5.78 Å². The van der Waals surface area contributed by atoms with Gasteiger partial charge >= 0.3 is 0 Å². The molecule has 0 radical (unpaired) electrons. The van der Waals surface area contributed by atoms with Gasteiger partial charge in [0.1, 0.15) is 6.33 Å². The second-order valence-electron chi connectivity index (χ2n) is 3.93. The molecule has 2 aromatic heterocycles. The third kappa shape index (κ3) is 0.995. The van der Waals surface area contributed by atoms with Crippen molar-refractivity contribution in [2.75, 3.05) is 0 Å². The second kappa shape index (κ2) is 2.09. The first-order valence-corrected chi connectivity index (χ1v) is 3.96. The molecule has 0 unspecified atom stereocenters. The van der Waals surface area contributed by atoms with E-state index in [-0.39, 0.29) is 5.41 Å². The Bertz CT molecular complexity index is 362. The van der Waals surface area contributed by atoms with E-state index in [0.717, 1.165) is 11.5 Å². The van der Waals surface area contributed by atoms with Crippen molar-refractivity contribution in [2.45, 2.75) is 26.2 Å². The average Bonchev–Trinajstić information content (AvgIpc) is 2.37. The number of nitrogens with zero attached hydrogens (tertiary/aromatic N) is 3. The molecule has 0 atom stereocenters. The Morgan fingerprint density at radius 2 is 2.17 bits per heavy atom. The van der Waals surface area contributed by atoms with Crippen LogP contribution in [0.5, 0.6) is 0 Å². The van der Waals surface area contributed by atoms with E-state index >= 15 is 0 Å². The first-order valence-electron chi connectivity index (χ1n) is 3.96. The molecule has 0 aliphatic carbocycles. The molecule has 64 valence electrons. The molecule has 4 nitrogen and oxygen atoms in total. The maximum Gasteiger partial charge on any atom is 0.250 e. The van der Waals surface area contributed by atoms with Gasteiger partial charge in [-0.1, -0.05) is 20.8 Å². The quantitative estimate of drug-likeness (QED) is 0.639. The van der Waals surface area contributed by atoms with E-state index in [0.29, 0.717) is 0 Å². The molecule has 1 N–H and O–H groups in total. The number of hydrogen-bond acceptors (Lipinski definition) is 2. The summed E-state index contributed by atoms with van der Waals surface area (Å²) in [6, 6.07) is 0. The fraction of sp³-hybridized carbons (Fsp3) is 0.500. The Labute approximate surface area is 70.6 Å². The number of aromatic nitrogens is 4. The first kappa shape index (κ1) is 7.34. The van der Waals surface area contributed by atoms with Crippen LogP contribution in [0.4, 0.5) is 0 Å². The zero-order chi connectivity index (χ0) is 8.77. The molecule has 2 rings (SSSR count). The monoisotopic (exact) mass is 164 g/mol. The van der Waals surface area contributed by atoms with E-state index in [2.05, 4.69) is 35.8 Å². The normalized spacial score (nSPS) is 12.6. The highest BCUT2D eigenvalue weighted by Crippen LogP contribution is 2.20. The van der Waals surface area contributed by atoms with E-state index in [1.807, 2.05) is 10.7 Å². The summed E-state index contributed by atoms with van der Waals surface area (Å²) in [6.45, 7) is 6.40. The number of fused-ring (bicyclic) bond motifs is 1. The molecule has 0 saturated carbocycles. The minimum atomic E-state index is 0.0918. The summed E-state index contributed by atoms with van der Waals surface area (Å²) < 4.78 is 1.82. The molecule has 2 heterocycles. The van der Waals surface area contributed by atoms with Crippen LogP contribution in [-0.2, 0) is 5.41 Å². The van der Waals surface area contributed by atoms with Gasteiger partial charge in [-0.3, -0.25) is 5.10 Å². The van der Waals surface area contributed by atoms with Gasteiger partial charge in [0.15, 0.2) is 0 Å². The molecular formula is C8H12N4. The number of hydrogen-bond donors (Lipinski definition) is 1. The number of nitrogens with one attached hydrogen (secondary N) is 1. The lowest BCUT2D eigenvalue weighted by Crippen LogP contribution is -2.11. The van der Waals surface area contributed by atoms with E-state index in [4.69, 9.17) is 0 Å². The van der Waals surface area contributed by atoms with Crippen LogP contribution in [0.1, 0.15) is 26.5 Å². The smallest absolute Gasteiger partial charge is 0.250 e. The minimum absolute atomic E-state index is 0.0918. The molecule has 0 spiro atoms. The summed E-state index contributed by atoms with van der Waals surface area (Å²) in [4.78, 5) is 8.41. The van der Waals surface area contributed by atoms with Crippen molar-refractivity contribution in [1.82, 2.24) is 19.6 Å². The molecule has 0 amide bonds. The molecule has 0 aromatic carbocycles. The van der Waals surface area contributed by atoms with Crippen molar-refractivity contribution >= 4 is 5.78 Å². The highest BCUT2D eigenvalue weighted by Gasteiger charge is 2.17. The molecule has 0 saturated heterocycles. The van der Waals surface area contributed by atoms with Gasteiger partial charge in [0.2, 0.25) is 0 Å². The molecule has 0 bridgehead atoms. The maximum absolute atomic E-state index is 4.36. The van der Waals surface area contributed by atoms with Gasteiger partial charge in [-0.25, -0.2) is 14.5 Å². The molecular weight excluding hydrogens is 152 g/mol. The number of H-pyrrole nitrogens is 1. The molecule has 0 fully saturated rings. The van der Waals surface area contributed by atoms with Crippen molar-refractivity contribution < 1.29 is 0 Å². The topological polar surface area (TPSA) is 46.0 Å². The summed E-state index contributed by atoms with van der Waals surface area (Å²) in [6.07, 6.45) is 3.61. The van der Waals surface area contributed by atoms with Gasteiger partial charge in [0.25, 0.3) is 5.78 Å². The zero-order valence-electron chi connectivity index (χ0n) is 7.50. The summed E-state index contributed by atoms with van der Waals surface area (Å²) in [7, 11) is 0. The SMILES string of the molecule is CC(C)(C)c1cn2[nH]cnc2n1. The van der Waals surface area contributed by atoms with Crippen molar-refractivity contribution in [3.05, 3.63) is 18.2 Å². The third-order valence-corrected chi connectivity index (χ3v) is 1.83. The lowest BCUT2D eigenvalue weighted by Gasteiger charge is -2.13. The van der Waals surface area contributed by atoms with Gasteiger partial charge in [-0.2, -0.15) is 0 Å². The fourth-order valence-electron chi connectivity index (χ4n) is 1.07. The molecule has 4 heteroatoms. The highest BCUT2D eigenvalue weighted by molar-refractivity contribution is 5.30. The first-order chi connectivity index (χ1) is 5.57. The summed E-state index contributed by atoms with van der Waals surface area (Å²) in [5.41, 5.74) is 1.15. The van der Waals surface area contributed by atoms with Gasteiger partial charge in [0, 0.05) is 5.41 Å². The maximum atomic E-state index is 4.36. The van der Waals surface area contributed by atoms with Crippen LogP contribution >= 0.6 is 0 Å². The standard InChI is InChI=1S/C8H12N4/c1-8(2,3)6-4-12-7(11-6)9-5-10-12/h4-5H,1-3H3,(H,9,10,11). The van der Waals surface area contributed by atoms with E-state index in [1.165, 1.54) is 0 Å². The van der Waals surface area contributed by atoms with Crippen molar-refractivity contribution in [2.24, 2.45) is 0 Å². The minimum Gasteiger partial charge on any atom is -0.281 e. The van der Waals surface area contributed by atoms with Gasteiger partial charge in [-0.05, 0) is 0 Å². The van der Waals surface area contributed by atoms with Crippen LogP contribution in [0, 0.1) is 0 Å². The number of rotatable bonds is 0. The predicted molar refractivity (Wildman–Crippen MR) is 46.0 cm³/mol. The zero-order valence-corrected chi connectivity index (χ0v) is 7.50. The molecule has 0 aliphatic heterocycles. The summed E-state index contributed by atoms with van der Waals surface area (Å²) in [5.74, 6) is 0.736. The van der Waals surface area contributed by atoms with Crippen LogP contribution < -0.4 is 0 Å². The van der Waals surface area contributed by atoms with Crippen molar-refractivity contribution in [1.29, 1.82) is 0 Å². The van der Waals surface area contributed by atoms with Gasteiger partial charge in [0.05, 0.1) is 11.9 Å². The fourth-order valence-corrected chi connectivity index (χ4v) is 1.07. The molecule has 2 aromatic rings. The van der Waals surface area contributed by atoms with Crippen LogP contribution in [0.3, 0.4) is 0 Å². The third-order valence-electron chi connectivity index (χ3n) is 1.83. The number of imidazole rings is 1. The Balaban J connectivity index is 2.59. The van der Waals surface area contributed by atoms with Crippen LogP contribution in [0.2, 0.25) is 0 Å².